The summed E-state index contributed by atoms with van der Waals surface area (Å²) in [6.45, 7) is 8.82. The molecule has 1 fully saturated rings. The number of H-pyrrole nitrogens is 1. The van der Waals surface area contributed by atoms with Crippen LogP contribution >= 0.6 is 0 Å². The van der Waals surface area contributed by atoms with Crippen molar-refractivity contribution in [3.8, 4) is 0 Å². The van der Waals surface area contributed by atoms with E-state index in [0.29, 0.717) is 19.0 Å². The van der Waals surface area contributed by atoms with Crippen LogP contribution in [0.5, 0.6) is 0 Å². The van der Waals surface area contributed by atoms with E-state index in [1.807, 2.05) is 27.7 Å². The van der Waals surface area contributed by atoms with Gasteiger partial charge in [0.2, 0.25) is 5.91 Å². The molecule has 1 heterocycles. The van der Waals surface area contributed by atoms with Crippen molar-refractivity contribution in [2.75, 3.05) is 17.2 Å². The van der Waals surface area contributed by atoms with E-state index in [-0.39, 0.29) is 29.2 Å². The Morgan fingerprint density at radius 1 is 1.42 bits per heavy atom. The Kier molecular flexibility index (Phi) is 5.51. The molecule has 1 aromatic heterocycles. The highest BCUT2D eigenvalue weighted by atomic mass is 16.2. The zero-order valence-corrected chi connectivity index (χ0v) is 15.0. The maximum atomic E-state index is 12.8. The number of amides is 1. The minimum absolute atomic E-state index is 0.0569. The monoisotopic (exact) mass is 336 g/mol. The van der Waals surface area contributed by atoms with Gasteiger partial charge in [-0.1, -0.05) is 34.1 Å². The van der Waals surface area contributed by atoms with Crippen molar-refractivity contribution < 1.29 is 4.79 Å². The fourth-order valence-electron chi connectivity index (χ4n) is 2.90. The van der Waals surface area contributed by atoms with Gasteiger partial charge in [-0.15, -0.1) is 0 Å². The first kappa shape index (κ1) is 18.3. The number of aromatic nitrogens is 2. The molecule has 7 nitrogen and oxygen atoms in total. The molecule has 0 aromatic carbocycles. The van der Waals surface area contributed by atoms with Crippen molar-refractivity contribution in [3.63, 3.8) is 0 Å². The smallest absolute Gasteiger partial charge is 0.330 e. The van der Waals surface area contributed by atoms with E-state index in [4.69, 9.17) is 5.73 Å². The normalized spacial score (nSPS) is 19.5. The van der Waals surface area contributed by atoms with Gasteiger partial charge >= 0.3 is 5.69 Å². The van der Waals surface area contributed by atoms with Gasteiger partial charge in [0.1, 0.15) is 5.82 Å². The van der Waals surface area contributed by atoms with Crippen LogP contribution in [0.25, 0.3) is 0 Å². The third-order valence-corrected chi connectivity index (χ3v) is 4.46. The SMILES string of the molecule is CCCCn1c(N)c(N(CC(C)C)C(=O)C2CC2C)c(=O)[nH]c1=O. The number of unbranched alkanes of at least 4 members (excludes halogenated alkanes) is 1. The number of nitrogens with one attached hydrogen (secondary N) is 1. The number of hydrogen-bond acceptors (Lipinski definition) is 4. The molecule has 0 bridgehead atoms. The maximum absolute atomic E-state index is 12.8. The van der Waals surface area contributed by atoms with Crippen LogP contribution in [0, 0.1) is 17.8 Å². The largest absolute Gasteiger partial charge is 0.383 e. The van der Waals surface area contributed by atoms with Gasteiger partial charge in [-0.25, -0.2) is 4.79 Å². The summed E-state index contributed by atoms with van der Waals surface area (Å²) in [4.78, 5) is 41.0. The summed E-state index contributed by atoms with van der Waals surface area (Å²) in [6, 6.07) is 0. The van der Waals surface area contributed by atoms with Gasteiger partial charge in [0.05, 0.1) is 0 Å². The number of nitrogen functional groups attached to an aromatic ring is 1. The molecule has 134 valence electrons. The van der Waals surface area contributed by atoms with Gasteiger partial charge in [-0.05, 0) is 24.7 Å². The lowest BCUT2D eigenvalue weighted by Gasteiger charge is -2.26. The van der Waals surface area contributed by atoms with Gasteiger partial charge < -0.3 is 10.6 Å². The van der Waals surface area contributed by atoms with Crippen molar-refractivity contribution in [2.45, 2.75) is 53.5 Å². The lowest BCUT2D eigenvalue weighted by molar-refractivity contribution is -0.120. The number of rotatable bonds is 7. The molecule has 0 saturated heterocycles. The summed E-state index contributed by atoms with van der Waals surface area (Å²) < 4.78 is 1.36. The first-order chi connectivity index (χ1) is 11.3. The fourth-order valence-corrected chi connectivity index (χ4v) is 2.90. The van der Waals surface area contributed by atoms with Crippen LogP contribution in [0.15, 0.2) is 9.59 Å². The van der Waals surface area contributed by atoms with Crippen LogP contribution in [0.3, 0.4) is 0 Å². The lowest BCUT2D eigenvalue weighted by atomic mass is 10.1. The zero-order valence-electron chi connectivity index (χ0n) is 15.0. The summed E-state index contributed by atoms with van der Waals surface area (Å²) in [5, 5.41) is 0. The minimum Gasteiger partial charge on any atom is -0.383 e. The summed E-state index contributed by atoms with van der Waals surface area (Å²) in [6.07, 6.45) is 2.50. The molecular weight excluding hydrogens is 308 g/mol. The first-order valence-corrected chi connectivity index (χ1v) is 8.71. The standard InChI is InChI=1S/C17H28N4O3/c1-5-6-7-20-14(18)13(15(22)19-17(20)24)21(9-10(2)3)16(23)12-8-11(12)4/h10-12H,5-9,18H2,1-4H3,(H,19,22,24). The predicted octanol–water partition coefficient (Wildman–Crippen LogP) is 1.56. The van der Waals surface area contributed by atoms with Gasteiger partial charge in [0, 0.05) is 19.0 Å². The number of anilines is 2. The van der Waals surface area contributed by atoms with Crippen molar-refractivity contribution in [1.29, 1.82) is 0 Å². The molecule has 1 saturated carbocycles. The third kappa shape index (κ3) is 3.71. The molecule has 1 amide bonds. The maximum Gasteiger partial charge on any atom is 0.330 e. The highest BCUT2D eigenvalue weighted by Crippen LogP contribution is 2.40. The number of aromatic amines is 1. The Bertz CT molecular complexity index is 720. The molecule has 0 spiro atoms. The summed E-state index contributed by atoms with van der Waals surface area (Å²) in [7, 11) is 0. The minimum atomic E-state index is -0.590. The molecule has 24 heavy (non-hydrogen) atoms. The number of carbonyl (C=O) groups is 1. The van der Waals surface area contributed by atoms with E-state index in [1.165, 1.54) is 9.47 Å². The number of nitrogens with zero attached hydrogens (tertiary/aromatic N) is 2. The van der Waals surface area contributed by atoms with Crippen molar-refractivity contribution >= 4 is 17.4 Å². The highest BCUT2D eigenvalue weighted by Gasteiger charge is 2.43. The van der Waals surface area contributed by atoms with Gasteiger partial charge in [0.25, 0.3) is 5.56 Å². The quantitative estimate of drug-likeness (QED) is 0.789. The van der Waals surface area contributed by atoms with E-state index in [0.717, 1.165) is 19.3 Å². The summed E-state index contributed by atoms with van der Waals surface area (Å²) in [5.41, 5.74) is 5.15. The molecule has 1 aromatic rings. The number of hydrogen-bond donors (Lipinski definition) is 2. The third-order valence-electron chi connectivity index (χ3n) is 4.46. The van der Waals surface area contributed by atoms with Crippen LogP contribution in [0.2, 0.25) is 0 Å². The van der Waals surface area contributed by atoms with Crippen LogP contribution in [0.1, 0.15) is 47.0 Å². The van der Waals surface area contributed by atoms with Crippen molar-refractivity contribution in [2.24, 2.45) is 17.8 Å². The lowest BCUT2D eigenvalue weighted by Crippen LogP contribution is -2.43. The molecule has 3 N–H and O–H groups in total. The van der Waals surface area contributed by atoms with E-state index in [9.17, 15) is 14.4 Å². The Morgan fingerprint density at radius 2 is 2.04 bits per heavy atom. The molecule has 2 atom stereocenters. The molecule has 2 rings (SSSR count). The average Bonchev–Trinajstić information content (AvgIpc) is 3.21. The van der Waals surface area contributed by atoms with Gasteiger partial charge in [0.15, 0.2) is 5.69 Å². The Hall–Kier alpha value is -2.05. The molecule has 7 heteroatoms. The fraction of sp³-hybridized carbons (Fsp3) is 0.706. The van der Waals surface area contributed by atoms with Crippen LogP contribution in [-0.2, 0) is 11.3 Å². The van der Waals surface area contributed by atoms with Crippen LogP contribution in [-0.4, -0.2) is 22.0 Å². The second kappa shape index (κ2) is 7.23. The molecule has 1 aliphatic carbocycles. The number of nitrogens with two attached hydrogens (primary N) is 1. The Balaban J connectivity index is 2.50. The number of carbonyl (C=O) groups excluding carboxylic acids is 1. The molecular formula is C17H28N4O3. The topological polar surface area (TPSA) is 101 Å². The van der Waals surface area contributed by atoms with Crippen LogP contribution in [0.4, 0.5) is 11.5 Å². The molecule has 0 radical (unpaired) electrons. The molecule has 1 aliphatic rings. The predicted molar refractivity (Wildman–Crippen MR) is 95.1 cm³/mol. The van der Waals surface area contributed by atoms with Gasteiger partial charge in [-0.2, -0.15) is 0 Å². The average molecular weight is 336 g/mol. The highest BCUT2D eigenvalue weighted by molar-refractivity contribution is 5.98. The second-order valence-corrected chi connectivity index (χ2v) is 7.16. The first-order valence-electron chi connectivity index (χ1n) is 8.71. The second-order valence-electron chi connectivity index (χ2n) is 7.16. The van der Waals surface area contributed by atoms with Crippen molar-refractivity contribution in [1.82, 2.24) is 9.55 Å². The zero-order chi connectivity index (χ0) is 18.0. The van der Waals surface area contributed by atoms with E-state index >= 15 is 0 Å². The molecule has 2 unspecified atom stereocenters. The Labute approximate surface area is 141 Å². The van der Waals surface area contributed by atoms with E-state index in [2.05, 4.69) is 4.98 Å². The van der Waals surface area contributed by atoms with Gasteiger partial charge in [-0.3, -0.25) is 19.1 Å². The van der Waals surface area contributed by atoms with E-state index < -0.39 is 11.2 Å². The van der Waals surface area contributed by atoms with Crippen LogP contribution < -0.4 is 21.9 Å². The van der Waals surface area contributed by atoms with E-state index in [1.54, 1.807) is 0 Å². The summed E-state index contributed by atoms with van der Waals surface area (Å²) >= 11 is 0. The Morgan fingerprint density at radius 3 is 2.54 bits per heavy atom. The van der Waals surface area contributed by atoms with Crippen molar-refractivity contribution in [3.05, 3.63) is 20.8 Å². The molecule has 0 aliphatic heterocycles. The summed E-state index contributed by atoms with van der Waals surface area (Å²) in [5.74, 6) is 0.462.